The van der Waals surface area contributed by atoms with E-state index in [2.05, 4.69) is 29.8 Å². The van der Waals surface area contributed by atoms with Crippen LogP contribution in [-0.4, -0.2) is 38.9 Å². The summed E-state index contributed by atoms with van der Waals surface area (Å²) in [5, 5.41) is 9.52. The summed E-state index contributed by atoms with van der Waals surface area (Å²) in [5.41, 5.74) is 4.21. The number of aromatic amines is 1. The number of aromatic nitrogens is 2. The Labute approximate surface area is 198 Å². The predicted octanol–water partition coefficient (Wildman–Crippen LogP) is 4.85. The van der Waals surface area contributed by atoms with Gasteiger partial charge in [0.1, 0.15) is 0 Å². The number of hydrogen-bond acceptors (Lipinski definition) is 4. The lowest BCUT2D eigenvalue weighted by Crippen LogP contribution is -2.54. The molecule has 0 unspecified atom stereocenters. The van der Waals surface area contributed by atoms with E-state index in [0.29, 0.717) is 10.9 Å². The molecule has 6 heteroatoms. The zero-order valence-corrected chi connectivity index (χ0v) is 19.7. The molecule has 1 saturated heterocycles. The van der Waals surface area contributed by atoms with E-state index in [4.69, 9.17) is 5.41 Å². The molecule has 1 aliphatic rings. The highest BCUT2D eigenvalue weighted by atomic mass is 16.1. The fraction of sp³-hybridized carbons (Fsp3) is 0.321. The van der Waals surface area contributed by atoms with Crippen molar-refractivity contribution < 1.29 is 4.79 Å². The Hall–Kier alpha value is -3.51. The smallest absolute Gasteiger partial charge is 0.255 e. The number of hydrogen-bond donors (Lipinski definition) is 2. The minimum atomic E-state index is -0.413. The molecule has 1 aromatic carbocycles. The molecule has 4 heterocycles. The zero-order valence-electron chi connectivity index (χ0n) is 19.7. The first kappa shape index (κ1) is 22.3. The number of benzene rings is 1. The van der Waals surface area contributed by atoms with Gasteiger partial charge < -0.3 is 10.4 Å². The maximum absolute atomic E-state index is 12.9. The van der Waals surface area contributed by atoms with Gasteiger partial charge in [-0.05, 0) is 59.5 Å². The summed E-state index contributed by atoms with van der Waals surface area (Å²) in [6.45, 7) is 7.78. The largest absolute Gasteiger partial charge is 0.357 e. The number of carbonyl (C=O) groups excluding carboxylic acids is 1. The minimum Gasteiger partial charge on any atom is -0.357 e. The van der Waals surface area contributed by atoms with Gasteiger partial charge in [0.2, 0.25) is 5.78 Å². The molecule has 0 amide bonds. The SMILES string of the molecule is CCC1(CC)CN(Cc2cc3ccc(CC(=N)C(=O)c4cc(=O)n5ccccc5c4)cc3[nH]2)C1. The van der Waals surface area contributed by atoms with Crippen molar-refractivity contribution in [2.24, 2.45) is 5.41 Å². The molecule has 5 rings (SSSR count). The van der Waals surface area contributed by atoms with E-state index < -0.39 is 5.78 Å². The summed E-state index contributed by atoms with van der Waals surface area (Å²) < 4.78 is 1.49. The number of pyridine rings is 2. The molecule has 0 spiro atoms. The second-order valence-corrected chi connectivity index (χ2v) is 9.63. The van der Waals surface area contributed by atoms with Crippen molar-refractivity contribution >= 4 is 27.9 Å². The van der Waals surface area contributed by atoms with Gasteiger partial charge in [-0.15, -0.1) is 0 Å². The Morgan fingerprint density at radius 2 is 1.85 bits per heavy atom. The van der Waals surface area contributed by atoms with Crippen molar-refractivity contribution in [1.82, 2.24) is 14.3 Å². The second-order valence-electron chi connectivity index (χ2n) is 9.63. The third-order valence-electron chi connectivity index (χ3n) is 7.38. The van der Waals surface area contributed by atoms with Gasteiger partial charge in [0.25, 0.3) is 5.56 Å². The number of ketones is 1. The maximum atomic E-state index is 12.9. The molecular weight excluding hydrogens is 424 g/mol. The van der Waals surface area contributed by atoms with Gasteiger partial charge in [-0.25, -0.2) is 0 Å². The summed E-state index contributed by atoms with van der Waals surface area (Å²) in [4.78, 5) is 31.2. The van der Waals surface area contributed by atoms with Crippen LogP contribution in [-0.2, 0) is 13.0 Å². The standard InChI is InChI=1S/C28H30N4O2/c1-3-28(4-2)17-31(18-28)16-22-13-20-9-8-19(12-25(20)30-22)11-24(29)27(34)21-14-23-7-5-6-10-32(23)26(33)15-21/h5-10,12-15,29-30H,3-4,11,16-18H2,1-2H3. The van der Waals surface area contributed by atoms with Crippen molar-refractivity contribution in [3.8, 4) is 0 Å². The van der Waals surface area contributed by atoms with E-state index in [1.165, 1.54) is 29.0 Å². The number of Topliss-reactive ketones (excluding diaryl/α,β-unsaturated/α-hetero) is 1. The van der Waals surface area contributed by atoms with Crippen molar-refractivity contribution in [2.75, 3.05) is 13.1 Å². The lowest BCUT2D eigenvalue weighted by molar-refractivity contribution is -0.0126. The first-order valence-corrected chi connectivity index (χ1v) is 12.0. The van der Waals surface area contributed by atoms with Gasteiger partial charge in [0.15, 0.2) is 0 Å². The van der Waals surface area contributed by atoms with E-state index in [1.54, 1.807) is 24.4 Å². The highest BCUT2D eigenvalue weighted by Crippen LogP contribution is 2.37. The van der Waals surface area contributed by atoms with E-state index in [1.807, 2.05) is 24.3 Å². The van der Waals surface area contributed by atoms with Crippen LogP contribution in [0.4, 0.5) is 0 Å². The molecule has 0 bridgehead atoms. The maximum Gasteiger partial charge on any atom is 0.255 e. The molecule has 174 valence electrons. The van der Waals surface area contributed by atoms with Crippen LogP contribution in [0.15, 0.2) is 65.6 Å². The average molecular weight is 455 g/mol. The molecule has 2 N–H and O–H groups in total. The Kier molecular flexibility index (Phi) is 5.70. The quantitative estimate of drug-likeness (QED) is 0.295. The highest BCUT2D eigenvalue weighted by molar-refractivity contribution is 6.45. The lowest BCUT2D eigenvalue weighted by atomic mass is 9.75. The third-order valence-corrected chi connectivity index (χ3v) is 7.38. The molecule has 3 aromatic heterocycles. The van der Waals surface area contributed by atoms with Crippen LogP contribution >= 0.6 is 0 Å². The number of nitrogens with one attached hydrogen (secondary N) is 2. The van der Waals surface area contributed by atoms with Gasteiger partial charge in [0.05, 0.1) is 5.71 Å². The van der Waals surface area contributed by atoms with Crippen LogP contribution in [0, 0.1) is 10.8 Å². The first-order chi connectivity index (χ1) is 16.4. The van der Waals surface area contributed by atoms with Crippen LogP contribution in [0.2, 0.25) is 0 Å². The summed E-state index contributed by atoms with van der Waals surface area (Å²) in [6, 6.07) is 16.6. The predicted molar refractivity (Wildman–Crippen MR) is 136 cm³/mol. The van der Waals surface area contributed by atoms with Crippen LogP contribution in [0.1, 0.15) is 48.3 Å². The summed E-state index contributed by atoms with van der Waals surface area (Å²) in [5.74, 6) is -0.413. The normalized spacial score (nSPS) is 15.5. The van der Waals surface area contributed by atoms with Crippen LogP contribution < -0.4 is 5.56 Å². The van der Waals surface area contributed by atoms with Crippen molar-refractivity contribution in [2.45, 2.75) is 39.7 Å². The number of likely N-dealkylation sites (tertiary alicyclic amines) is 1. The monoisotopic (exact) mass is 454 g/mol. The van der Waals surface area contributed by atoms with Crippen LogP contribution in [0.25, 0.3) is 16.4 Å². The fourth-order valence-electron chi connectivity index (χ4n) is 5.15. The van der Waals surface area contributed by atoms with E-state index in [-0.39, 0.29) is 23.3 Å². The van der Waals surface area contributed by atoms with Gasteiger partial charge in [0, 0.05) is 60.6 Å². The van der Waals surface area contributed by atoms with Gasteiger partial charge in [-0.3, -0.25) is 18.9 Å². The molecule has 6 nitrogen and oxygen atoms in total. The molecule has 1 aliphatic heterocycles. The van der Waals surface area contributed by atoms with Crippen molar-refractivity contribution in [1.29, 1.82) is 5.41 Å². The molecule has 1 fully saturated rings. The molecule has 34 heavy (non-hydrogen) atoms. The minimum absolute atomic E-state index is 0.0261. The fourth-order valence-corrected chi connectivity index (χ4v) is 5.15. The molecular formula is C28H30N4O2. The lowest BCUT2D eigenvalue weighted by Gasteiger charge is -2.49. The van der Waals surface area contributed by atoms with Crippen LogP contribution in [0.5, 0.6) is 0 Å². The van der Waals surface area contributed by atoms with Gasteiger partial charge >= 0.3 is 0 Å². The Morgan fingerprint density at radius 3 is 2.62 bits per heavy atom. The summed E-state index contributed by atoms with van der Waals surface area (Å²) in [7, 11) is 0. The Balaban J connectivity index is 1.29. The number of H-pyrrole nitrogens is 1. The second kappa shape index (κ2) is 8.69. The topological polar surface area (TPSA) is 81.4 Å². The van der Waals surface area contributed by atoms with E-state index in [9.17, 15) is 9.59 Å². The third kappa shape index (κ3) is 4.10. The summed E-state index contributed by atoms with van der Waals surface area (Å²) >= 11 is 0. The first-order valence-electron chi connectivity index (χ1n) is 12.0. The van der Waals surface area contributed by atoms with E-state index in [0.717, 1.165) is 36.1 Å². The zero-order chi connectivity index (χ0) is 23.9. The van der Waals surface area contributed by atoms with Crippen molar-refractivity contribution in [3.63, 3.8) is 0 Å². The molecule has 0 radical (unpaired) electrons. The summed E-state index contributed by atoms with van der Waals surface area (Å²) in [6.07, 6.45) is 4.35. The van der Waals surface area contributed by atoms with Gasteiger partial charge in [-0.2, -0.15) is 0 Å². The average Bonchev–Trinajstić information content (AvgIpc) is 3.22. The number of carbonyl (C=O) groups is 1. The molecule has 0 saturated carbocycles. The highest BCUT2D eigenvalue weighted by Gasteiger charge is 2.39. The number of rotatable bonds is 8. The molecule has 0 atom stereocenters. The number of fused-ring (bicyclic) bond motifs is 2. The van der Waals surface area contributed by atoms with Crippen molar-refractivity contribution in [3.05, 3.63) is 88.0 Å². The Morgan fingerprint density at radius 1 is 1.06 bits per heavy atom. The van der Waals surface area contributed by atoms with E-state index >= 15 is 0 Å². The number of nitrogens with zero attached hydrogens (tertiary/aromatic N) is 2. The molecule has 0 aliphatic carbocycles. The van der Waals surface area contributed by atoms with Crippen LogP contribution in [0.3, 0.4) is 0 Å². The van der Waals surface area contributed by atoms with Gasteiger partial charge in [-0.1, -0.05) is 32.0 Å². The Bertz CT molecular complexity index is 1450. The molecule has 4 aromatic rings.